The summed E-state index contributed by atoms with van der Waals surface area (Å²) in [5.41, 5.74) is 8.52. The van der Waals surface area contributed by atoms with Crippen LogP contribution in [-0.2, 0) is 12.8 Å². The lowest BCUT2D eigenvalue weighted by Gasteiger charge is -2.11. The van der Waals surface area contributed by atoms with Crippen LogP contribution >= 0.6 is 0 Å². The van der Waals surface area contributed by atoms with E-state index in [9.17, 15) is 0 Å². The van der Waals surface area contributed by atoms with Crippen molar-refractivity contribution in [1.82, 2.24) is 19.6 Å². The number of rotatable bonds is 8. The number of aryl methyl sites for hydroxylation is 2. The molecule has 2 N–H and O–H groups in total. The van der Waals surface area contributed by atoms with Gasteiger partial charge in [-0.3, -0.25) is 0 Å². The van der Waals surface area contributed by atoms with Gasteiger partial charge in [-0.25, -0.2) is 4.98 Å². The highest BCUT2D eigenvalue weighted by Crippen LogP contribution is 2.20. The normalized spacial score (nSPS) is 11.4. The summed E-state index contributed by atoms with van der Waals surface area (Å²) >= 11 is 0. The lowest BCUT2D eigenvalue weighted by molar-refractivity contribution is 0.605. The van der Waals surface area contributed by atoms with Crippen molar-refractivity contribution in [2.45, 2.75) is 72.1 Å². The van der Waals surface area contributed by atoms with Crippen LogP contribution in [0.5, 0.6) is 0 Å². The van der Waals surface area contributed by atoms with Crippen molar-refractivity contribution in [2.24, 2.45) is 0 Å². The van der Waals surface area contributed by atoms with E-state index in [1.165, 1.54) is 38.5 Å². The predicted octanol–water partition coefficient (Wildman–Crippen LogP) is 3.48. The topological polar surface area (TPSA) is 69.1 Å². The first-order valence-electron chi connectivity index (χ1n) is 8.18. The van der Waals surface area contributed by atoms with Crippen LogP contribution in [0.3, 0.4) is 0 Å². The Morgan fingerprint density at radius 2 is 1.71 bits per heavy atom. The number of hydrogen-bond acceptors (Lipinski definition) is 4. The zero-order valence-corrected chi connectivity index (χ0v) is 13.5. The number of unbranched alkanes of at least 4 members (excludes halogenated alkanes) is 5. The molecule has 2 aromatic rings. The molecule has 2 rings (SSSR count). The van der Waals surface area contributed by atoms with Gasteiger partial charge in [-0.05, 0) is 26.2 Å². The number of nitrogen functional groups attached to an aromatic ring is 1. The standard InChI is InChI=1S/C16H27N5/c1-4-6-7-8-9-10-11-13-14(5-2)19-16-18-12(3)20-21(16)15(13)17/h4-11,17H2,1-3H3. The van der Waals surface area contributed by atoms with Crippen molar-refractivity contribution < 1.29 is 0 Å². The van der Waals surface area contributed by atoms with Crippen molar-refractivity contribution in [1.29, 1.82) is 0 Å². The second-order valence-corrected chi connectivity index (χ2v) is 5.66. The molecule has 0 aliphatic heterocycles. The number of anilines is 1. The van der Waals surface area contributed by atoms with E-state index < -0.39 is 0 Å². The zero-order valence-electron chi connectivity index (χ0n) is 13.5. The minimum atomic E-state index is 0.619. The van der Waals surface area contributed by atoms with Gasteiger partial charge in [-0.15, -0.1) is 5.10 Å². The van der Waals surface area contributed by atoms with Crippen LogP contribution < -0.4 is 5.73 Å². The maximum Gasteiger partial charge on any atom is 0.254 e. The van der Waals surface area contributed by atoms with Crippen LogP contribution in [0, 0.1) is 6.92 Å². The highest BCUT2D eigenvalue weighted by molar-refractivity contribution is 5.49. The smallest absolute Gasteiger partial charge is 0.254 e. The molecular formula is C16H27N5. The van der Waals surface area contributed by atoms with E-state index in [1.807, 2.05) is 6.92 Å². The van der Waals surface area contributed by atoms with Gasteiger partial charge in [0.05, 0.1) is 5.69 Å². The van der Waals surface area contributed by atoms with E-state index in [1.54, 1.807) is 4.52 Å². The molecule has 0 amide bonds. The van der Waals surface area contributed by atoms with Crippen LogP contribution in [0.2, 0.25) is 0 Å². The van der Waals surface area contributed by atoms with Crippen LogP contribution in [0.4, 0.5) is 5.82 Å². The summed E-state index contributed by atoms with van der Waals surface area (Å²) in [6, 6.07) is 0. The molecule has 2 aromatic heterocycles. The summed E-state index contributed by atoms with van der Waals surface area (Å²) in [6.45, 7) is 6.23. The summed E-state index contributed by atoms with van der Waals surface area (Å²) in [7, 11) is 0. The van der Waals surface area contributed by atoms with E-state index in [2.05, 4.69) is 28.9 Å². The summed E-state index contributed by atoms with van der Waals surface area (Å²) in [5.74, 6) is 2.05. The number of nitrogens with two attached hydrogens (primary N) is 1. The highest BCUT2D eigenvalue weighted by atomic mass is 15.4. The molecule has 2 heterocycles. The SMILES string of the molecule is CCCCCCCCc1c(CC)nc2nc(C)nn2c1N. The fourth-order valence-corrected chi connectivity index (χ4v) is 2.75. The molecule has 0 bridgehead atoms. The Morgan fingerprint density at radius 1 is 1.00 bits per heavy atom. The van der Waals surface area contributed by atoms with Crippen molar-refractivity contribution in [2.75, 3.05) is 5.73 Å². The Bertz CT molecular complexity index is 588. The van der Waals surface area contributed by atoms with Gasteiger partial charge in [0, 0.05) is 5.56 Å². The maximum atomic E-state index is 6.29. The molecule has 0 aliphatic rings. The molecule has 21 heavy (non-hydrogen) atoms. The molecule has 0 spiro atoms. The third-order valence-corrected chi connectivity index (χ3v) is 3.93. The van der Waals surface area contributed by atoms with E-state index in [-0.39, 0.29) is 0 Å². The lowest BCUT2D eigenvalue weighted by Crippen LogP contribution is -2.10. The van der Waals surface area contributed by atoms with Crippen LogP contribution in [0.25, 0.3) is 5.78 Å². The molecule has 0 aromatic carbocycles. The molecule has 0 unspecified atom stereocenters. The van der Waals surface area contributed by atoms with E-state index in [0.29, 0.717) is 17.4 Å². The fourth-order valence-electron chi connectivity index (χ4n) is 2.75. The lowest BCUT2D eigenvalue weighted by atomic mass is 10.0. The molecule has 0 saturated heterocycles. The number of aromatic nitrogens is 4. The van der Waals surface area contributed by atoms with E-state index in [0.717, 1.165) is 24.1 Å². The van der Waals surface area contributed by atoms with Crippen LogP contribution in [0.15, 0.2) is 0 Å². The predicted molar refractivity (Wildman–Crippen MR) is 86.4 cm³/mol. The first-order valence-corrected chi connectivity index (χ1v) is 8.18. The van der Waals surface area contributed by atoms with Crippen molar-refractivity contribution >= 4 is 11.6 Å². The largest absolute Gasteiger partial charge is 0.383 e. The monoisotopic (exact) mass is 289 g/mol. The van der Waals surface area contributed by atoms with Gasteiger partial charge >= 0.3 is 0 Å². The number of fused-ring (bicyclic) bond motifs is 1. The van der Waals surface area contributed by atoms with Gasteiger partial charge in [0.15, 0.2) is 0 Å². The summed E-state index contributed by atoms with van der Waals surface area (Å²) in [5, 5.41) is 4.34. The van der Waals surface area contributed by atoms with E-state index in [4.69, 9.17) is 5.73 Å². The second-order valence-electron chi connectivity index (χ2n) is 5.66. The second kappa shape index (κ2) is 7.38. The summed E-state index contributed by atoms with van der Waals surface area (Å²) < 4.78 is 1.68. The molecule has 0 fully saturated rings. The first kappa shape index (κ1) is 15.7. The number of nitrogens with zero attached hydrogens (tertiary/aromatic N) is 4. The molecule has 0 atom stereocenters. The van der Waals surface area contributed by atoms with Gasteiger partial charge in [-0.1, -0.05) is 46.0 Å². The van der Waals surface area contributed by atoms with Gasteiger partial charge in [0.25, 0.3) is 5.78 Å². The average molecular weight is 289 g/mol. The Balaban J connectivity index is 2.08. The maximum absolute atomic E-state index is 6.29. The Labute approximate surface area is 127 Å². The summed E-state index contributed by atoms with van der Waals surface area (Å²) in [4.78, 5) is 8.93. The number of hydrogen-bond donors (Lipinski definition) is 1. The minimum Gasteiger partial charge on any atom is -0.383 e. The van der Waals surface area contributed by atoms with Gasteiger partial charge in [-0.2, -0.15) is 9.50 Å². The molecule has 0 aliphatic carbocycles. The Morgan fingerprint density at radius 3 is 2.43 bits per heavy atom. The molecule has 0 saturated carbocycles. The van der Waals surface area contributed by atoms with E-state index >= 15 is 0 Å². The van der Waals surface area contributed by atoms with Gasteiger partial charge in [0.1, 0.15) is 11.6 Å². The molecule has 116 valence electrons. The third-order valence-electron chi connectivity index (χ3n) is 3.93. The van der Waals surface area contributed by atoms with Crippen molar-refractivity contribution in [3.05, 3.63) is 17.1 Å². The third kappa shape index (κ3) is 3.71. The highest BCUT2D eigenvalue weighted by Gasteiger charge is 2.14. The van der Waals surface area contributed by atoms with Crippen molar-refractivity contribution in [3.8, 4) is 0 Å². The first-order chi connectivity index (χ1) is 10.2. The van der Waals surface area contributed by atoms with Crippen molar-refractivity contribution in [3.63, 3.8) is 0 Å². The minimum absolute atomic E-state index is 0.619. The fraction of sp³-hybridized carbons (Fsp3) is 0.688. The molecule has 0 radical (unpaired) electrons. The molecule has 5 nitrogen and oxygen atoms in total. The van der Waals surface area contributed by atoms with Gasteiger partial charge in [0.2, 0.25) is 0 Å². The van der Waals surface area contributed by atoms with Crippen LogP contribution in [-0.4, -0.2) is 19.6 Å². The quantitative estimate of drug-likeness (QED) is 0.755. The molecule has 5 heteroatoms. The average Bonchev–Trinajstić information content (AvgIpc) is 2.85. The van der Waals surface area contributed by atoms with Gasteiger partial charge < -0.3 is 5.73 Å². The zero-order chi connectivity index (χ0) is 15.2. The Kier molecular flexibility index (Phi) is 5.53. The summed E-state index contributed by atoms with van der Waals surface area (Å²) in [6.07, 6.45) is 9.59. The van der Waals surface area contributed by atoms with Crippen LogP contribution in [0.1, 0.15) is 69.5 Å². The molecular weight excluding hydrogens is 262 g/mol. The Hall–Kier alpha value is -1.65.